The molecule has 0 unspecified atom stereocenters. The number of nitrogens with zero attached hydrogens (tertiary/aromatic N) is 3. The number of benzene rings is 2. The van der Waals surface area contributed by atoms with E-state index in [2.05, 4.69) is 35.9 Å². The zero-order chi connectivity index (χ0) is 18.1. The maximum atomic E-state index is 5.87. The Balaban J connectivity index is 1.83. The van der Waals surface area contributed by atoms with Crippen LogP contribution in [0.25, 0.3) is 11.0 Å². The molecule has 0 N–H and O–H groups in total. The van der Waals surface area contributed by atoms with E-state index >= 15 is 0 Å². The van der Waals surface area contributed by atoms with Crippen LogP contribution in [0, 0.1) is 27.7 Å². The van der Waals surface area contributed by atoms with Crippen molar-refractivity contribution in [2.75, 3.05) is 11.9 Å². The van der Waals surface area contributed by atoms with Gasteiger partial charge < -0.3 is 9.64 Å². The number of ether oxygens (including phenoxy) is 1. The van der Waals surface area contributed by atoms with Gasteiger partial charge in [-0.25, -0.2) is 9.97 Å². The fraction of sp³-hybridized carbons (Fsp3) is 0.250. The van der Waals surface area contributed by atoms with Crippen LogP contribution < -0.4 is 9.64 Å². The van der Waals surface area contributed by atoms with Gasteiger partial charge in [-0.05, 0) is 75.3 Å². The van der Waals surface area contributed by atoms with Crippen LogP contribution in [0.4, 0.5) is 5.69 Å². The van der Waals surface area contributed by atoms with Gasteiger partial charge in [-0.15, -0.1) is 0 Å². The van der Waals surface area contributed by atoms with Gasteiger partial charge in [0.2, 0.25) is 0 Å². The lowest BCUT2D eigenvalue weighted by molar-refractivity contribution is 0.553. The van der Waals surface area contributed by atoms with Crippen molar-refractivity contribution in [3.05, 3.63) is 58.9 Å². The van der Waals surface area contributed by atoms with Gasteiger partial charge in [0, 0.05) is 18.8 Å². The molecule has 0 saturated heterocycles. The predicted molar refractivity (Wildman–Crippen MR) is 107 cm³/mol. The first-order valence-electron chi connectivity index (χ1n) is 8.13. The minimum atomic E-state index is 0.388. The van der Waals surface area contributed by atoms with Crippen molar-refractivity contribution < 1.29 is 4.74 Å². The van der Waals surface area contributed by atoms with E-state index in [0.717, 1.165) is 28.1 Å². The highest BCUT2D eigenvalue weighted by Gasteiger charge is 2.11. The number of aryl methyl sites for hydroxylation is 4. The molecule has 0 bridgehead atoms. The molecule has 25 heavy (non-hydrogen) atoms. The third kappa shape index (κ3) is 3.61. The average Bonchev–Trinajstić information content (AvgIpc) is 2.58. The second kappa shape index (κ2) is 6.76. The number of hydrogen-bond acceptors (Lipinski definition) is 4. The van der Waals surface area contributed by atoms with Crippen molar-refractivity contribution in [2.24, 2.45) is 0 Å². The molecule has 0 saturated carbocycles. The van der Waals surface area contributed by atoms with Crippen molar-refractivity contribution in [3.8, 4) is 5.75 Å². The highest BCUT2D eigenvalue weighted by molar-refractivity contribution is 7.80. The van der Waals surface area contributed by atoms with Crippen molar-refractivity contribution >= 4 is 34.1 Å². The first-order chi connectivity index (χ1) is 11.8. The van der Waals surface area contributed by atoms with Crippen LogP contribution in [0.3, 0.4) is 0 Å². The molecule has 2 aromatic carbocycles. The summed E-state index contributed by atoms with van der Waals surface area (Å²) in [5.41, 5.74) is 6.98. The summed E-state index contributed by atoms with van der Waals surface area (Å²) in [6.45, 7) is 8.09. The first-order valence-corrected chi connectivity index (χ1v) is 8.54. The molecule has 1 aromatic heterocycles. The quantitative estimate of drug-likeness (QED) is 0.628. The van der Waals surface area contributed by atoms with Gasteiger partial charge in [0.05, 0.1) is 22.4 Å². The van der Waals surface area contributed by atoms with Crippen LogP contribution in [0.1, 0.15) is 22.5 Å². The lowest BCUT2D eigenvalue weighted by atomic mass is 10.1. The summed E-state index contributed by atoms with van der Waals surface area (Å²) in [5.74, 6) is 0.658. The highest BCUT2D eigenvalue weighted by Crippen LogP contribution is 2.22. The molecule has 0 radical (unpaired) electrons. The van der Waals surface area contributed by atoms with Crippen molar-refractivity contribution in [1.82, 2.24) is 9.97 Å². The second-order valence-corrected chi connectivity index (χ2v) is 6.59. The van der Waals surface area contributed by atoms with Crippen LogP contribution in [0.2, 0.25) is 0 Å². The molecule has 3 aromatic rings. The van der Waals surface area contributed by atoms with E-state index in [1.54, 1.807) is 0 Å². The van der Waals surface area contributed by atoms with Crippen LogP contribution in [0.15, 0.2) is 36.4 Å². The number of aromatic nitrogens is 2. The van der Waals surface area contributed by atoms with Gasteiger partial charge in [-0.1, -0.05) is 6.07 Å². The predicted octanol–water partition coefficient (Wildman–Crippen LogP) is 4.66. The van der Waals surface area contributed by atoms with Crippen molar-refractivity contribution in [2.45, 2.75) is 27.7 Å². The average molecular weight is 351 g/mol. The zero-order valence-electron chi connectivity index (χ0n) is 15.1. The molecule has 3 rings (SSSR count). The maximum absolute atomic E-state index is 5.87. The summed E-state index contributed by atoms with van der Waals surface area (Å²) in [5, 5.41) is 0.388. The Labute approximate surface area is 153 Å². The minimum absolute atomic E-state index is 0.388. The Bertz CT molecular complexity index is 969. The summed E-state index contributed by atoms with van der Waals surface area (Å²) in [7, 11) is 1.90. The van der Waals surface area contributed by atoms with Gasteiger partial charge in [0.15, 0.2) is 0 Å². The van der Waals surface area contributed by atoms with E-state index < -0.39 is 0 Å². The Morgan fingerprint density at radius 2 is 1.56 bits per heavy atom. The molecule has 5 heteroatoms. The number of thiocarbonyl (C=S) groups is 1. The van der Waals surface area contributed by atoms with E-state index in [1.165, 1.54) is 11.1 Å². The molecule has 0 aliphatic heterocycles. The Morgan fingerprint density at radius 3 is 2.24 bits per heavy atom. The monoisotopic (exact) mass is 351 g/mol. The van der Waals surface area contributed by atoms with E-state index in [-0.39, 0.29) is 0 Å². The van der Waals surface area contributed by atoms with E-state index in [0.29, 0.717) is 10.9 Å². The lowest BCUT2D eigenvalue weighted by Crippen LogP contribution is -2.29. The summed E-state index contributed by atoms with van der Waals surface area (Å²) in [6.07, 6.45) is 0. The summed E-state index contributed by atoms with van der Waals surface area (Å²) in [6, 6.07) is 11.9. The van der Waals surface area contributed by atoms with Crippen LogP contribution in [-0.2, 0) is 0 Å². The fourth-order valence-corrected chi connectivity index (χ4v) is 2.68. The molecule has 0 aliphatic rings. The van der Waals surface area contributed by atoms with Gasteiger partial charge in [0.25, 0.3) is 5.17 Å². The number of fused-ring (bicyclic) bond motifs is 1. The van der Waals surface area contributed by atoms with Gasteiger partial charge in [-0.3, -0.25) is 0 Å². The largest absolute Gasteiger partial charge is 0.431 e. The molecule has 0 spiro atoms. The molecule has 4 nitrogen and oxygen atoms in total. The summed E-state index contributed by atoms with van der Waals surface area (Å²) < 4.78 is 5.87. The van der Waals surface area contributed by atoms with Crippen LogP contribution in [-0.4, -0.2) is 22.2 Å². The van der Waals surface area contributed by atoms with Crippen LogP contribution in [0.5, 0.6) is 5.75 Å². The molecular weight excluding hydrogens is 330 g/mol. The van der Waals surface area contributed by atoms with Crippen LogP contribution >= 0.6 is 12.2 Å². The number of hydrogen-bond donors (Lipinski definition) is 0. The van der Waals surface area contributed by atoms with E-state index in [9.17, 15) is 0 Å². The fourth-order valence-electron chi connectivity index (χ4n) is 2.48. The zero-order valence-corrected chi connectivity index (χ0v) is 15.9. The normalized spacial score (nSPS) is 10.8. The molecule has 0 amide bonds. The van der Waals surface area contributed by atoms with Crippen molar-refractivity contribution in [3.63, 3.8) is 0 Å². The summed E-state index contributed by atoms with van der Waals surface area (Å²) >= 11 is 5.45. The second-order valence-electron chi connectivity index (χ2n) is 6.24. The lowest BCUT2D eigenvalue weighted by Gasteiger charge is -2.21. The molecule has 128 valence electrons. The smallest absolute Gasteiger partial charge is 0.269 e. The standard InChI is InChI=1S/C20H21N3OS/c1-12-6-7-16(10-13(12)2)23(5)20(25)24-17-8-9-18-19(11-17)22-15(4)14(3)21-18/h6-11H,1-5H3. The molecule has 1 heterocycles. The highest BCUT2D eigenvalue weighted by atomic mass is 32.1. The van der Waals surface area contributed by atoms with Crippen molar-refractivity contribution in [1.29, 1.82) is 0 Å². The minimum Gasteiger partial charge on any atom is -0.431 e. The Morgan fingerprint density at radius 1 is 0.880 bits per heavy atom. The van der Waals surface area contributed by atoms with Gasteiger partial charge in [-0.2, -0.15) is 0 Å². The number of rotatable bonds is 2. The van der Waals surface area contributed by atoms with Gasteiger partial charge in [0.1, 0.15) is 5.75 Å². The first kappa shape index (κ1) is 17.3. The van der Waals surface area contributed by atoms with Gasteiger partial charge >= 0.3 is 0 Å². The third-order valence-electron chi connectivity index (χ3n) is 4.40. The molecule has 0 aliphatic carbocycles. The van der Waals surface area contributed by atoms with E-state index in [1.807, 2.05) is 50.1 Å². The molecular formula is C20H21N3OS. The Hall–Kier alpha value is -2.53. The SMILES string of the molecule is Cc1ccc(N(C)C(=S)Oc2ccc3nc(C)c(C)nc3c2)cc1C. The summed E-state index contributed by atoms with van der Waals surface area (Å²) in [4.78, 5) is 11.0. The number of anilines is 1. The Kier molecular flexibility index (Phi) is 4.68. The maximum Gasteiger partial charge on any atom is 0.269 e. The third-order valence-corrected chi connectivity index (χ3v) is 4.76. The topological polar surface area (TPSA) is 38.2 Å². The molecule has 0 atom stereocenters. The molecule has 0 fully saturated rings. The van der Waals surface area contributed by atoms with E-state index in [4.69, 9.17) is 17.0 Å².